The lowest BCUT2D eigenvalue weighted by Gasteiger charge is -2.03. The molecule has 1 aromatic carbocycles. The molecule has 1 amide bonds. The van der Waals surface area contributed by atoms with Crippen molar-refractivity contribution < 1.29 is 9.53 Å². The molecular weight excluding hydrogens is 274 g/mol. The average Bonchev–Trinajstić information content (AvgIpc) is 2.95. The van der Waals surface area contributed by atoms with E-state index in [9.17, 15) is 4.79 Å². The highest BCUT2D eigenvalue weighted by Crippen LogP contribution is 2.12. The summed E-state index contributed by atoms with van der Waals surface area (Å²) in [5.41, 5.74) is 2.57. The Kier molecular flexibility index (Phi) is 7.01. The van der Waals surface area contributed by atoms with Crippen molar-refractivity contribution in [2.75, 3.05) is 6.61 Å². The van der Waals surface area contributed by atoms with Gasteiger partial charge in [0.2, 0.25) is 0 Å². The van der Waals surface area contributed by atoms with E-state index >= 15 is 0 Å². The third-order valence-electron chi connectivity index (χ3n) is 4.02. The molecule has 2 rings (SSSR count). The fourth-order valence-electron chi connectivity index (χ4n) is 2.64. The van der Waals surface area contributed by atoms with Crippen molar-refractivity contribution in [3.05, 3.63) is 41.5 Å². The van der Waals surface area contributed by atoms with Gasteiger partial charge < -0.3 is 10.1 Å². The molecule has 22 heavy (non-hydrogen) atoms. The van der Waals surface area contributed by atoms with Crippen molar-refractivity contribution in [1.29, 1.82) is 0 Å². The van der Waals surface area contributed by atoms with E-state index in [0.29, 0.717) is 6.61 Å². The van der Waals surface area contributed by atoms with Crippen LogP contribution in [0.3, 0.4) is 0 Å². The zero-order valence-electron chi connectivity index (χ0n) is 13.5. The van der Waals surface area contributed by atoms with Crippen molar-refractivity contribution in [2.45, 2.75) is 57.9 Å². The number of nitrogens with one attached hydrogen (secondary N) is 1. The number of rotatable bonds is 9. The predicted molar refractivity (Wildman–Crippen MR) is 90.8 cm³/mol. The number of amides is 1. The minimum Gasteiger partial charge on any atom is -0.447 e. The van der Waals surface area contributed by atoms with Crippen LogP contribution in [0.1, 0.15) is 56.6 Å². The molecule has 0 radical (unpaired) electrons. The van der Waals surface area contributed by atoms with E-state index < -0.39 is 0 Å². The molecule has 0 saturated carbocycles. The van der Waals surface area contributed by atoms with Crippen LogP contribution in [-0.4, -0.2) is 18.7 Å². The Morgan fingerprint density at radius 3 is 2.55 bits per heavy atom. The third kappa shape index (κ3) is 5.92. The zero-order chi connectivity index (χ0) is 15.6. The molecule has 1 aliphatic rings. The number of hydrogen-bond donors (Lipinski definition) is 1. The molecule has 1 heterocycles. The molecule has 1 atom stereocenters. The summed E-state index contributed by atoms with van der Waals surface area (Å²) < 4.78 is 4.85. The normalized spacial score (nSPS) is 17.7. The van der Waals surface area contributed by atoms with Gasteiger partial charge in [-0.15, -0.1) is 0 Å². The van der Waals surface area contributed by atoms with Crippen molar-refractivity contribution in [1.82, 2.24) is 5.32 Å². The molecule has 3 nitrogen and oxygen atoms in total. The summed E-state index contributed by atoms with van der Waals surface area (Å²) in [6.07, 6.45) is 12.9. The average molecular weight is 301 g/mol. The second-order valence-corrected chi connectivity index (χ2v) is 5.97. The number of hydrogen-bond acceptors (Lipinski definition) is 2. The number of unbranched alkanes of at least 4 members (excludes halogenated alkanes) is 5. The van der Waals surface area contributed by atoms with E-state index in [1.54, 1.807) is 0 Å². The van der Waals surface area contributed by atoms with E-state index in [4.69, 9.17) is 4.74 Å². The molecule has 1 aliphatic heterocycles. The molecule has 1 fully saturated rings. The Bertz CT molecular complexity index is 479. The molecule has 120 valence electrons. The van der Waals surface area contributed by atoms with Gasteiger partial charge in [-0.3, -0.25) is 0 Å². The standard InChI is InChI=1S/C19H27NO2/c1-2-3-4-5-6-7-8-16-9-11-17(12-10-16)13-14-18-15-22-19(21)20-18/h9-14,18H,2-8,15H2,1H3,(H,20,21)/b14-13+/t18-/m1/s1. The Labute approximate surface area is 133 Å². The van der Waals surface area contributed by atoms with Crippen LogP contribution in [0.25, 0.3) is 6.08 Å². The van der Waals surface area contributed by atoms with E-state index in [0.717, 1.165) is 5.56 Å². The molecule has 1 aromatic rings. The van der Waals surface area contributed by atoms with Crippen LogP contribution in [0, 0.1) is 0 Å². The quantitative estimate of drug-likeness (QED) is 0.671. The second kappa shape index (κ2) is 9.29. The minimum absolute atomic E-state index is 0.00435. The number of carbonyl (C=O) groups is 1. The molecule has 0 bridgehead atoms. The molecule has 3 heteroatoms. The Hall–Kier alpha value is -1.77. The summed E-state index contributed by atoms with van der Waals surface area (Å²) in [7, 11) is 0. The summed E-state index contributed by atoms with van der Waals surface area (Å²) in [6.45, 7) is 2.68. The van der Waals surface area contributed by atoms with Crippen molar-refractivity contribution >= 4 is 12.2 Å². The van der Waals surface area contributed by atoms with E-state index in [-0.39, 0.29) is 12.1 Å². The lowest BCUT2D eigenvalue weighted by atomic mass is 10.0. The maximum absolute atomic E-state index is 10.9. The first kappa shape index (κ1) is 16.6. The van der Waals surface area contributed by atoms with Gasteiger partial charge in [0.05, 0.1) is 6.04 Å². The number of cyclic esters (lactones) is 1. The number of aryl methyl sites for hydroxylation is 1. The highest BCUT2D eigenvalue weighted by molar-refractivity contribution is 5.70. The first-order valence-electron chi connectivity index (χ1n) is 8.48. The monoisotopic (exact) mass is 301 g/mol. The van der Waals surface area contributed by atoms with E-state index in [2.05, 4.69) is 36.5 Å². The Morgan fingerprint density at radius 1 is 1.14 bits per heavy atom. The van der Waals surface area contributed by atoms with Crippen LogP contribution in [0.5, 0.6) is 0 Å². The maximum Gasteiger partial charge on any atom is 0.407 e. The molecule has 0 unspecified atom stereocenters. The largest absolute Gasteiger partial charge is 0.447 e. The highest BCUT2D eigenvalue weighted by atomic mass is 16.6. The van der Waals surface area contributed by atoms with Gasteiger partial charge >= 0.3 is 6.09 Å². The maximum atomic E-state index is 10.9. The van der Waals surface area contributed by atoms with Crippen LogP contribution in [0.4, 0.5) is 4.79 Å². The van der Waals surface area contributed by atoms with Gasteiger partial charge in [0.1, 0.15) is 6.61 Å². The fraction of sp³-hybridized carbons (Fsp3) is 0.526. The van der Waals surface area contributed by atoms with Crippen LogP contribution in [0.15, 0.2) is 30.3 Å². The fourth-order valence-corrected chi connectivity index (χ4v) is 2.64. The number of benzene rings is 1. The molecule has 0 spiro atoms. The van der Waals surface area contributed by atoms with Crippen LogP contribution >= 0.6 is 0 Å². The van der Waals surface area contributed by atoms with Crippen LogP contribution in [-0.2, 0) is 11.2 Å². The SMILES string of the molecule is CCCCCCCCc1ccc(/C=C/[C@@H]2COC(=O)N2)cc1. The number of alkyl carbamates (subject to hydrolysis) is 1. The van der Waals surface area contributed by atoms with Crippen molar-refractivity contribution in [2.24, 2.45) is 0 Å². The molecule has 0 aliphatic carbocycles. The van der Waals surface area contributed by atoms with Gasteiger partial charge in [-0.25, -0.2) is 4.79 Å². The predicted octanol–water partition coefficient (Wildman–Crippen LogP) is 4.71. The van der Waals surface area contributed by atoms with Crippen molar-refractivity contribution in [3.8, 4) is 0 Å². The smallest absolute Gasteiger partial charge is 0.407 e. The lowest BCUT2D eigenvalue weighted by Crippen LogP contribution is -2.23. The van der Waals surface area contributed by atoms with Gasteiger partial charge in [0.15, 0.2) is 0 Å². The molecular formula is C19H27NO2. The van der Waals surface area contributed by atoms with Gasteiger partial charge in [-0.1, -0.05) is 75.4 Å². The molecule has 1 N–H and O–H groups in total. The van der Waals surface area contributed by atoms with E-state index in [1.165, 1.54) is 50.5 Å². The Morgan fingerprint density at radius 2 is 1.86 bits per heavy atom. The van der Waals surface area contributed by atoms with Crippen LogP contribution < -0.4 is 5.32 Å². The lowest BCUT2D eigenvalue weighted by molar-refractivity contribution is 0.177. The van der Waals surface area contributed by atoms with Gasteiger partial charge in [-0.2, -0.15) is 0 Å². The first-order valence-corrected chi connectivity index (χ1v) is 8.48. The summed E-state index contributed by atoms with van der Waals surface area (Å²) in [5, 5.41) is 2.74. The topological polar surface area (TPSA) is 38.3 Å². The number of ether oxygens (including phenoxy) is 1. The Balaban J connectivity index is 1.69. The van der Waals surface area contributed by atoms with Gasteiger partial charge in [-0.05, 0) is 24.0 Å². The summed E-state index contributed by atoms with van der Waals surface area (Å²) in [6, 6.07) is 8.68. The first-order chi connectivity index (χ1) is 10.8. The minimum atomic E-state index is -0.330. The summed E-state index contributed by atoms with van der Waals surface area (Å²) >= 11 is 0. The summed E-state index contributed by atoms with van der Waals surface area (Å²) in [4.78, 5) is 10.9. The van der Waals surface area contributed by atoms with Gasteiger partial charge in [0.25, 0.3) is 0 Å². The zero-order valence-corrected chi connectivity index (χ0v) is 13.5. The number of carbonyl (C=O) groups excluding carboxylic acids is 1. The van der Waals surface area contributed by atoms with E-state index in [1.807, 2.05) is 12.2 Å². The van der Waals surface area contributed by atoms with Crippen LogP contribution in [0.2, 0.25) is 0 Å². The summed E-state index contributed by atoms with van der Waals surface area (Å²) in [5.74, 6) is 0. The molecule has 0 aromatic heterocycles. The van der Waals surface area contributed by atoms with Crippen molar-refractivity contribution in [3.63, 3.8) is 0 Å². The third-order valence-corrected chi connectivity index (χ3v) is 4.02. The highest BCUT2D eigenvalue weighted by Gasteiger charge is 2.18. The van der Waals surface area contributed by atoms with Gasteiger partial charge in [0, 0.05) is 0 Å². The molecule has 1 saturated heterocycles. The second-order valence-electron chi connectivity index (χ2n) is 5.97.